The molecule has 0 aromatic carbocycles. The van der Waals surface area contributed by atoms with Crippen molar-refractivity contribution in [2.45, 2.75) is 32.9 Å². The predicted molar refractivity (Wildman–Crippen MR) is 60.0 cm³/mol. The van der Waals surface area contributed by atoms with Crippen LogP contribution in [0.25, 0.3) is 0 Å². The molecule has 0 saturated carbocycles. The fourth-order valence-corrected chi connectivity index (χ4v) is 4.14. The largest absolute Gasteiger partial charge is 0.445 e. The van der Waals surface area contributed by atoms with Crippen molar-refractivity contribution >= 4 is 28.5 Å². The second-order valence-electron chi connectivity index (χ2n) is 3.01. The molecule has 0 radical (unpaired) electrons. The van der Waals surface area contributed by atoms with Crippen molar-refractivity contribution < 1.29 is 13.6 Å². The maximum Gasteiger partial charge on any atom is 0.273 e. The highest BCUT2D eigenvalue weighted by atomic mass is 35.6. The molecule has 0 amide bonds. The predicted octanol–water partition coefficient (Wildman–Crippen LogP) is 1.38. The van der Waals surface area contributed by atoms with Crippen LogP contribution in [-0.2, 0) is 13.6 Å². The van der Waals surface area contributed by atoms with Crippen LogP contribution in [0.2, 0.25) is 13.1 Å². The molecule has 0 unspecified atom stereocenters. The van der Waals surface area contributed by atoms with E-state index in [9.17, 15) is 0 Å². The van der Waals surface area contributed by atoms with Crippen LogP contribution in [0.4, 0.5) is 0 Å². The maximum absolute atomic E-state index is 6.02. The molecule has 0 bridgehead atoms. The number of halogens is 1. The molecule has 0 heterocycles. The zero-order chi connectivity index (χ0) is 10.3. The van der Waals surface area contributed by atoms with Gasteiger partial charge in [-0.2, -0.15) is 0 Å². The van der Waals surface area contributed by atoms with Crippen LogP contribution in [0, 0.1) is 0 Å². The summed E-state index contributed by atoms with van der Waals surface area (Å²) in [7, 11) is -2.72. The minimum Gasteiger partial charge on any atom is -0.445 e. The summed E-state index contributed by atoms with van der Waals surface area (Å²) in [5, 5.41) is 0. The Morgan fingerprint density at radius 1 is 1.23 bits per heavy atom. The lowest BCUT2D eigenvalue weighted by Crippen LogP contribution is -2.34. The van der Waals surface area contributed by atoms with Gasteiger partial charge < -0.3 is 13.6 Å². The average Bonchev–Trinajstić information content (AvgIpc) is 2.00. The Balaban J connectivity index is 3.68. The lowest BCUT2D eigenvalue weighted by molar-refractivity contribution is -0.0873. The lowest BCUT2D eigenvalue weighted by Gasteiger charge is -2.21. The summed E-state index contributed by atoms with van der Waals surface area (Å²) in [5.41, 5.74) is 0. The molecule has 80 valence electrons. The van der Waals surface area contributed by atoms with Crippen LogP contribution in [0.1, 0.15) is 13.8 Å². The Hall–Kier alpha value is 0.604. The van der Waals surface area contributed by atoms with Crippen molar-refractivity contribution in [3.05, 3.63) is 0 Å². The fraction of sp³-hybridized carbons (Fsp3) is 1.00. The van der Waals surface area contributed by atoms with Gasteiger partial charge in [0.2, 0.25) is 9.76 Å². The van der Waals surface area contributed by atoms with Gasteiger partial charge in [-0.05, 0) is 26.9 Å². The van der Waals surface area contributed by atoms with E-state index < -0.39 is 17.4 Å². The van der Waals surface area contributed by atoms with Crippen LogP contribution in [-0.4, -0.2) is 36.5 Å². The molecule has 13 heavy (non-hydrogen) atoms. The van der Waals surface area contributed by atoms with Crippen LogP contribution in [0.3, 0.4) is 0 Å². The molecule has 0 N–H and O–H groups in total. The third kappa shape index (κ3) is 8.92. The highest BCUT2D eigenvalue weighted by Crippen LogP contribution is 2.09. The molecule has 0 fully saturated rings. The Bertz CT molecular complexity index is 123. The molecule has 0 aliphatic heterocycles. The number of hydrogen-bond donors (Lipinski definition) is 0. The molecule has 6 heteroatoms. The Labute approximate surface area is 88.5 Å². The third-order valence-electron chi connectivity index (χ3n) is 1.27. The average molecular weight is 243 g/mol. The molecule has 0 aliphatic carbocycles. The molecule has 0 aromatic rings. The van der Waals surface area contributed by atoms with Gasteiger partial charge in [-0.1, -0.05) is 0 Å². The van der Waals surface area contributed by atoms with Gasteiger partial charge in [0, 0.05) is 13.2 Å². The lowest BCUT2D eigenvalue weighted by atomic mass is 10.9. The van der Waals surface area contributed by atoms with Gasteiger partial charge in [-0.25, -0.2) is 0 Å². The van der Waals surface area contributed by atoms with E-state index in [0.717, 1.165) is 0 Å². The van der Waals surface area contributed by atoms with Gasteiger partial charge in [0.1, 0.15) is 0 Å². The van der Waals surface area contributed by atoms with Gasteiger partial charge in [-0.3, -0.25) is 0 Å². The smallest absolute Gasteiger partial charge is 0.273 e. The van der Waals surface area contributed by atoms with Crippen LogP contribution in [0.15, 0.2) is 0 Å². The Kier molecular flexibility index (Phi) is 7.29. The molecule has 0 spiro atoms. The molecule has 3 nitrogen and oxygen atoms in total. The monoisotopic (exact) mass is 242 g/mol. The van der Waals surface area contributed by atoms with Crippen molar-refractivity contribution in [1.29, 1.82) is 0 Å². The standard InChI is InChI=1S/C7H19ClO3Si2/c1-5-9-7(10-6-2)12-11-13(3,4)8/h7H,5-6,12H2,1-4H3. The summed E-state index contributed by atoms with van der Waals surface area (Å²) in [6.45, 7) is 9.12. The first-order chi connectivity index (χ1) is 5.99. The van der Waals surface area contributed by atoms with Crippen molar-refractivity contribution in [2.75, 3.05) is 13.2 Å². The van der Waals surface area contributed by atoms with E-state index in [1.807, 2.05) is 26.9 Å². The van der Waals surface area contributed by atoms with Crippen LogP contribution in [0.5, 0.6) is 0 Å². The first-order valence-electron chi connectivity index (χ1n) is 4.55. The highest BCUT2D eigenvalue weighted by molar-refractivity contribution is 7.16. The van der Waals surface area contributed by atoms with E-state index >= 15 is 0 Å². The molecule has 0 atom stereocenters. The second-order valence-corrected chi connectivity index (χ2v) is 10.6. The highest BCUT2D eigenvalue weighted by Gasteiger charge is 2.21. The third-order valence-corrected chi connectivity index (χ3v) is 6.41. The first-order valence-corrected chi connectivity index (χ1v) is 9.87. The topological polar surface area (TPSA) is 27.7 Å². The van der Waals surface area contributed by atoms with E-state index in [-0.39, 0.29) is 5.91 Å². The van der Waals surface area contributed by atoms with Crippen molar-refractivity contribution in [1.82, 2.24) is 0 Å². The van der Waals surface area contributed by atoms with Crippen molar-refractivity contribution in [2.24, 2.45) is 0 Å². The van der Waals surface area contributed by atoms with Gasteiger partial charge in [-0.15, -0.1) is 11.1 Å². The molecular formula is C7H19ClO3Si2. The Morgan fingerprint density at radius 3 is 2.00 bits per heavy atom. The quantitative estimate of drug-likeness (QED) is 0.384. The SMILES string of the molecule is CCOC(OCC)[SiH2]O[Si](C)(C)Cl. The van der Waals surface area contributed by atoms with Gasteiger partial charge in [0.25, 0.3) is 7.63 Å². The molecule has 0 saturated heterocycles. The molecule has 0 rings (SSSR count). The summed E-state index contributed by atoms with van der Waals surface area (Å²) < 4.78 is 16.3. The van der Waals surface area contributed by atoms with Crippen LogP contribution < -0.4 is 0 Å². The normalized spacial score (nSPS) is 13.4. The zero-order valence-electron chi connectivity index (χ0n) is 8.80. The van der Waals surface area contributed by atoms with Gasteiger partial charge >= 0.3 is 0 Å². The summed E-state index contributed by atoms with van der Waals surface area (Å²) in [5.74, 6) is -0.138. The summed E-state index contributed by atoms with van der Waals surface area (Å²) in [6.07, 6.45) is 0. The molecule has 0 aliphatic rings. The molecule has 0 aromatic heterocycles. The minimum atomic E-state index is -1.90. The van der Waals surface area contributed by atoms with E-state index in [1.165, 1.54) is 0 Å². The molecular weight excluding hydrogens is 224 g/mol. The Morgan fingerprint density at radius 2 is 1.69 bits per heavy atom. The second kappa shape index (κ2) is 6.97. The first kappa shape index (κ1) is 13.6. The fourth-order valence-electron chi connectivity index (χ4n) is 0.782. The summed E-state index contributed by atoms with van der Waals surface area (Å²) in [6, 6.07) is 0. The summed E-state index contributed by atoms with van der Waals surface area (Å²) in [4.78, 5) is 0. The van der Waals surface area contributed by atoms with E-state index in [4.69, 9.17) is 24.7 Å². The van der Waals surface area contributed by atoms with Crippen molar-refractivity contribution in [3.8, 4) is 0 Å². The van der Waals surface area contributed by atoms with Gasteiger partial charge in [0.05, 0.1) is 0 Å². The number of rotatable bonds is 7. The van der Waals surface area contributed by atoms with Gasteiger partial charge in [0.15, 0.2) is 5.91 Å². The van der Waals surface area contributed by atoms with Crippen LogP contribution >= 0.6 is 11.1 Å². The van der Waals surface area contributed by atoms with E-state index in [0.29, 0.717) is 13.2 Å². The number of hydrogen-bond acceptors (Lipinski definition) is 3. The van der Waals surface area contributed by atoms with E-state index in [2.05, 4.69) is 0 Å². The zero-order valence-corrected chi connectivity index (χ0v) is 12.0. The maximum atomic E-state index is 6.02. The number of ether oxygens (including phenoxy) is 2. The van der Waals surface area contributed by atoms with Crippen molar-refractivity contribution in [3.63, 3.8) is 0 Å². The van der Waals surface area contributed by atoms with E-state index in [1.54, 1.807) is 0 Å². The minimum absolute atomic E-state index is 0.138. The summed E-state index contributed by atoms with van der Waals surface area (Å²) >= 11 is 6.02.